The second-order valence-corrected chi connectivity index (χ2v) is 5.32. The van der Waals surface area contributed by atoms with E-state index in [0.717, 1.165) is 5.69 Å². The van der Waals surface area contributed by atoms with Crippen molar-refractivity contribution in [2.75, 3.05) is 24.2 Å². The highest BCUT2D eigenvalue weighted by atomic mass is 16.3. The third kappa shape index (κ3) is 3.51. The Morgan fingerprint density at radius 1 is 1.40 bits per heavy atom. The van der Waals surface area contributed by atoms with Gasteiger partial charge in [-0.25, -0.2) is 0 Å². The summed E-state index contributed by atoms with van der Waals surface area (Å²) in [7, 11) is 1.98. The Hall–Kier alpha value is -2.01. The van der Waals surface area contributed by atoms with Gasteiger partial charge >= 0.3 is 0 Å². The Kier molecular flexibility index (Phi) is 4.29. The number of nitrogens with two attached hydrogens (primary N) is 1. The van der Waals surface area contributed by atoms with Crippen LogP contribution in [0.2, 0.25) is 0 Å². The average Bonchev–Trinajstić information content (AvgIpc) is 2.74. The molecular weight excluding hydrogens is 252 g/mol. The number of nitrogens with zero attached hydrogens (tertiary/aromatic N) is 3. The van der Waals surface area contributed by atoms with E-state index in [1.165, 1.54) is 11.1 Å². The van der Waals surface area contributed by atoms with Crippen molar-refractivity contribution in [2.45, 2.75) is 26.5 Å². The highest BCUT2D eigenvalue weighted by Gasteiger charge is 2.12. The van der Waals surface area contributed by atoms with Gasteiger partial charge in [0.2, 0.25) is 0 Å². The molecule has 0 aliphatic carbocycles. The molecule has 1 unspecified atom stereocenters. The van der Waals surface area contributed by atoms with Crippen molar-refractivity contribution in [3.05, 3.63) is 41.7 Å². The number of likely N-dealkylation sites (N-methyl/N-ethyl adjacent to an activating group) is 1. The summed E-state index contributed by atoms with van der Waals surface area (Å²) in [4.78, 5) is 2.06. The molecule has 108 valence electrons. The van der Waals surface area contributed by atoms with Crippen LogP contribution < -0.4 is 10.6 Å². The minimum atomic E-state index is -0.500. The van der Waals surface area contributed by atoms with E-state index < -0.39 is 6.10 Å². The third-order valence-electron chi connectivity index (χ3n) is 3.30. The van der Waals surface area contributed by atoms with E-state index in [0.29, 0.717) is 18.8 Å². The maximum Gasteiger partial charge on any atom is 0.0910 e. The van der Waals surface area contributed by atoms with Gasteiger partial charge in [-0.05, 0) is 25.5 Å². The monoisotopic (exact) mass is 274 g/mol. The lowest BCUT2D eigenvalue weighted by Crippen LogP contribution is -2.32. The molecule has 0 fully saturated rings. The highest BCUT2D eigenvalue weighted by molar-refractivity contribution is 5.53. The van der Waals surface area contributed by atoms with E-state index in [9.17, 15) is 5.11 Å². The molecule has 5 heteroatoms. The first kappa shape index (κ1) is 14.4. The number of aryl methyl sites for hydroxylation is 2. The van der Waals surface area contributed by atoms with Crippen molar-refractivity contribution in [1.29, 1.82) is 0 Å². The number of aliphatic hydroxyl groups excluding tert-OH is 1. The predicted molar refractivity (Wildman–Crippen MR) is 81.8 cm³/mol. The van der Waals surface area contributed by atoms with Gasteiger partial charge < -0.3 is 15.7 Å². The molecule has 1 heterocycles. The topological polar surface area (TPSA) is 67.3 Å². The van der Waals surface area contributed by atoms with Crippen molar-refractivity contribution in [1.82, 2.24) is 9.78 Å². The lowest BCUT2D eigenvalue weighted by Gasteiger charge is -2.24. The lowest BCUT2D eigenvalue weighted by molar-refractivity contribution is 0.156. The molecule has 0 saturated carbocycles. The van der Waals surface area contributed by atoms with Crippen LogP contribution >= 0.6 is 0 Å². The number of anilines is 2. The first-order valence-electron chi connectivity index (χ1n) is 6.70. The van der Waals surface area contributed by atoms with E-state index in [2.05, 4.69) is 42.0 Å². The molecular formula is C15H22N4O. The van der Waals surface area contributed by atoms with Crippen molar-refractivity contribution in [2.24, 2.45) is 0 Å². The molecule has 1 atom stereocenters. The number of nitrogen functional groups attached to an aromatic ring is 1. The molecule has 1 aromatic heterocycles. The third-order valence-corrected chi connectivity index (χ3v) is 3.30. The Labute approximate surface area is 119 Å². The molecule has 0 aliphatic heterocycles. The van der Waals surface area contributed by atoms with Crippen molar-refractivity contribution in [3.8, 4) is 0 Å². The molecule has 0 bridgehead atoms. The van der Waals surface area contributed by atoms with E-state index in [-0.39, 0.29) is 0 Å². The van der Waals surface area contributed by atoms with Gasteiger partial charge in [-0.15, -0.1) is 0 Å². The Bertz CT molecular complexity index is 579. The molecule has 2 rings (SSSR count). The largest absolute Gasteiger partial charge is 0.396 e. The second-order valence-electron chi connectivity index (χ2n) is 5.32. The number of rotatable bonds is 5. The molecule has 0 radical (unpaired) electrons. The summed E-state index contributed by atoms with van der Waals surface area (Å²) in [5.74, 6) is 0. The van der Waals surface area contributed by atoms with Crippen LogP contribution in [0.3, 0.4) is 0 Å². The molecule has 0 saturated heterocycles. The van der Waals surface area contributed by atoms with Gasteiger partial charge in [0, 0.05) is 25.5 Å². The van der Waals surface area contributed by atoms with Gasteiger partial charge in [0.25, 0.3) is 0 Å². The summed E-state index contributed by atoms with van der Waals surface area (Å²) in [6.07, 6.45) is 2.81. The molecule has 1 aromatic carbocycles. The van der Waals surface area contributed by atoms with Crippen LogP contribution in [0.15, 0.2) is 30.6 Å². The van der Waals surface area contributed by atoms with E-state index in [1.807, 2.05) is 7.05 Å². The Morgan fingerprint density at radius 2 is 2.15 bits per heavy atom. The van der Waals surface area contributed by atoms with Crippen LogP contribution in [-0.4, -0.2) is 34.6 Å². The standard InChI is InChI=1S/C15H22N4O/c1-11-4-5-15(12(2)6-11)18(3)9-14(20)10-19-8-13(16)7-17-19/h4-8,14,20H,9-10,16H2,1-3H3. The van der Waals surface area contributed by atoms with Crippen LogP contribution in [0, 0.1) is 13.8 Å². The summed E-state index contributed by atoms with van der Waals surface area (Å²) < 4.78 is 1.66. The van der Waals surface area contributed by atoms with Gasteiger partial charge in [0.1, 0.15) is 0 Å². The summed E-state index contributed by atoms with van der Waals surface area (Å²) in [6.45, 7) is 5.14. The summed E-state index contributed by atoms with van der Waals surface area (Å²) in [5, 5.41) is 14.2. The number of aromatic nitrogens is 2. The number of hydrogen-bond acceptors (Lipinski definition) is 4. The van der Waals surface area contributed by atoms with Crippen molar-refractivity contribution >= 4 is 11.4 Å². The fraction of sp³-hybridized carbons (Fsp3) is 0.400. The molecule has 0 amide bonds. The van der Waals surface area contributed by atoms with Crippen LogP contribution in [-0.2, 0) is 6.54 Å². The van der Waals surface area contributed by atoms with Crippen molar-refractivity contribution < 1.29 is 5.11 Å². The first-order chi connectivity index (χ1) is 9.45. The van der Waals surface area contributed by atoms with Gasteiger partial charge in [-0.2, -0.15) is 5.10 Å². The van der Waals surface area contributed by atoms with Crippen LogP contribution in [0.5, 0.6) is 0 Å². The lowest BCUT2D eigenvalue weighted by atomic mass is 10.1. The zero-order valence-corrected chi connectivity index (χ0v) is 12.2. The Balaban J connectivity index is 1.98. The fourth-order valence-corrected chi connectivity index (χ4v) is 2.40. The van der Waals surface area contributed by atoms with Crippen molar-refractivity contribution in [3.63, 3.8) is 0 Å². The van der Waals surface area contributed by atoms with E-state index in [1.54, 1.807) is 17.1 Å². The van der Waals surface area contributed by atoms with Crippen LogP contribution in [0.4, 0.5) is 11.4 Å². The van der Waals surface area contributed by atoms with Gasteiger partial charge in [0.05, 0.1) is 24.5 Å². The number of benzene rings is 1. The average molecular weight is 274 g/mol. The zero-order valence-electron chi connectivity index (χ0n) is 12.2. The van der Waals surface area contributed by atoms with Crippen LogP contribution in [0.1, 0.15) is 11.1 Å². The predicted octanol–water partition coefficient (Wildman–Crippen LogP) is 1.58. The molecule has 3 N–H and O–H groups in total. The van der Waals surface area contributed by atoms with Gasteiger partial charge in [0.15, 0.2) is 0 Å². The van der Waals surface area contributed by atoms with E-state index in [4.69, 9.17) is 5.73 Å². The minimum absolute atomic E-state index is 0.437. The summed E-state index contributed by atoms with van der Waals surface area (Å²) >= 11 is 0. The molecule has 5 nitrogen and oxygen atoms in total. The SMILES string of the molecule is Cc1ccc(N(C)CC(O)Cn2cc(N)cn2)c(C)c1. The molecule has 0 aliphatic rings. The first-order valence-corrected chi connectivity index (χ1v) is 6.70. The molecule has 0 spiro atoms. The number of hydrogen-bond donors (Lipinski definition) is 2. The maximum atomic E-state index is 10.1. The Morgan fingerprint density at radius 3 is 2.75 bits per heavy atom. The summed E-state index contributed by atoms with van der Waals surface area (Å²) in [6, 6.07) is 6.31. The van der Waals surface area contributed by atoms with Gasteiger partial charge in [-0.1, -0.05) is 17.7 Å². The second kappa shape index (κ2) is 5.96. The quantitative estimate of drug-likeness (QED) is 0.868. The normalized spacial score (nSPS) is 12.4. The smallest absolute Gasteiger partial charge is 0.0910 e. The fourth-order valence-electron chi connectivity index (χ4n) is 2.40. The number of aliphatic hydroxyl groups is 1. The van der Waals surface area contributed by atoms with E-state index >= 15 is 0 Å². The summed E-state index contributed by atoms with van der Waals surface area (Å²) in [5.41, 5.74) is 9.80. The minimum Gasteiger partial charge on any atom is -0.396 e. The zero-order chi connectivity index (χ0) is 14.7. The highest BCUT2D eigenvalue weighted by Crippen LogP contribution is 2.20. The molecule has 2 aromatic rings. The van der Waals surface area contributed by atoms with Crippen LogP contribution in [0.25, 0.3) is 0 Å². The maximum absolute atomic E-state index is 10.1. The van der Waals surface area contributed by atoms with Gasteiger partial charge in [-0.3, -0.25) is 4.68 Å². The molecule has 20 heavy (non-hydrogen) atoms.